The lowest BCUT2D eigenvalue weighted by atomic mass is 9.91. The first kappa shape index (κ1) is 14.4. The Labute approximate surface area is 113 Å². The minimum atomic E-state index is -0.772. The number of piperidine rings is 1. The monoisotopic (exact) mass is 268 g/mol. The average molecular weight is 268 g/mol. The van der Waals surface area contributed by atoms with Crippen molar-refractivity contribution in [2.75, 3.05) is 19.6 Å². The quantitative estimate of drug-likeness (QED) is 0.902. The third-order valence-corrected chi connectivity index (χ3v) is 3.94. The number of hydrogen-bond acceptors (Lipinski definition) is 2. The van der Waals surface area contributed by atoms with Crippen LogP contribution in [0.3, 0.4) is 0 Å². The maximum absolute atomic E-state index is 13.4. The fraction of sp³-hybridized carbons (Fsp3) is 0.600. The first-order chi connectivity index (χ1) is 9.15. The van der Waals surface area contributed by atoms with Gasteiger partial charge >= 0.3 is 0 Å². The Morgan fingerprint density at radius 3 is 2.68 bits per heavy atom. The highest BCUT2D eigenvalue weighted by Crippen LogP contribution is 2.31. The number of hydrogen-bond donors (Lipinski definition) is 1. The van der Waals surface area contributed by atoms with E-state index in [1.807, 2.05) is 0 Å². The standard InChI is InChI=1S/C15H22F2N2/c1-3-18-12-7-8-19(4-2)15(10-12)11-5-6-13(16)14(17)9-11/h5-6,9,12,15,18H,3-4,7-8,10H2,1-2H3. The lowest BCUT2D eigenvalue weighted by Gasteiger charge is -2.39. The van der Waals surface area contributed by atoms with Gasteiger partial charge in [0.1, 0.15) is 0 Å². The molecular formula is C15H22F2N2. The summed E-state index contributed by atoms with van der Waals surface area (Å²) in [5.41, 5.74) is 0.878. The molecule has 1 aromatic carbocycles. The minimum Gasteiger partial charge on any atom is -0.314 e. The van der Waals surface area contributed by atoms with Crippen molar-refractivity contribution in [3.63, 3.8) is 0 Å². The number of likely N-dealkylation sites (tertiary alicyclic amines) is 1. The van der Waals surface area contributed by atoms with Crippen LogP contribution in [0.1, 0.15) is 38.3 Å². The van der Waals surface area contributed by atoms with Gasteiger partial charge in [-0.05, 0) is 43.6 Å². The summed E-state index contributed by atoms with van der Waals surface area (Å²) >= 11 is 0. The fourth-order valence-electron chi connectivity index (χ4n) is 2.93. The van der Waals surface area contributed by atoms with E-state index in [0.717, 1.165) is 38.0 Å². The van der Waals surface area contributed by atoms with Crippen molar-refractivity contribution in [3.05, 3.63) is 35.4 Å². The van der Waals surface area contributed by atoms with E-state index in [1.54, 1.807) is 6.07 Å². The number of nitrogens with zero attached hydrogens (tertiary/aromatic N) is 1. The van der Waals surface area contributed by atoms with Crippen LogP contribution in [0.25, 0.3) is 0 Å². The second-order valence-corrected chi connectivity index (χ2v) is 5.10. The normalized spacial score (nSPS) is 24.6. The van der Waals surface area contributed by atoms with Crippen molar-refractivity contribution in [1.29, 1.82) is 0 Å². The van der Waals surface area contributed by atoms with E-state index in [0.29, 0.717) is 6.04 Å². The molecule has 0 aliphatic carbocycles. The van der Waals surface area contributed by atoms with Crippen molar-refractivity contribution in [1.82, 2.24) is 10.2 Å². The van der Waals surface area contributed by atoms with E-state index in [4.69, 9.17) is 0 Å². The van der Waals surface area contributed by atoms with Crippen LogP contribution in [0, 0.1) is 11.6 Å². The summed E-state index contributed by atoms with van der Waals surface area (Å²) in [5, 5.41) is 3.46. The Kier molecular flexibility index (Phi) is 4.88. The van der Waals surface area contributed by atoms with Crippen LogP contribution in [0.15, 0.2) is 18.2 Å². The molecule has 0 aromatic heterocycles. The highest BCUT2D eigenvalue weighted by molar-refractivity contribution is 5.22. The molecule has 1 fully saturated rings. The van der Waals surface area contributed by atoms with Gasteiger partial charge in [0, 0.05) is 18.6 Å². The first-order valence-electron chi connectivity index (χ1n) is 7.08. The van der Waals surface area contributed by atoms with E-state index >= 15 is 0 Å². The summed E-state index contributed by atoms with van der Waals surface area (Å²) in [4.78, 5) is 2.33. The van der Waals surface area contributed by atoms with Gasteiger partial charge in [-0.15, -0.1) is 0 Å². The Morgan fingerprint density at radius 2 is 2.05 bits per heavy atom. The Balaban J connectivity index is 2.19. The van der Waals surface area contributed by atoms with Gasteiger partial charge < -0.3 is 5.32 Å². The van der Waals surface area contributed by atoms with Gasteiger partial charge in [-0.1, -0.05) is 19.9 Å². The molecular weight excluding hydrogens is 246 g/mol. The van der Waals surface area contributed by atoms with Gasteiger partial charge in [0.25, 0.3) is 0 Å². The van der Waals surface area contributed by atoms with E-state index in [9.17, 15) is 8.78 Å². The predicted octanol–water partition coefficient (Wildman–Crippen LogP) is 3.10. The molecule has 0 spiro atoms. The van der Waals surface area contributed by atoms with Crippen LogP contribution in [-0.4, -0.2) is 30.6 Å². The van der Waals surface area contributed by atoms with E-state index in [1.165, 1.54) is 12.1 Å². The molecule has 2 unspecified atom stereocenters. The second kappa shape index (κ2) is 6.44. The molecule has 1 aliphatic heterocycles. The van der Waals surface area contributed by atoms with Crippen LogP contribution >= 0.6 is 0 Å². The van der Waals surface area contributed by atoms with Crippen LogP contribution in [0.4, 0.5) is 8.78 Å². The summed E-state index contributed by atoms with van der Waals surface area (Å²) in [5.74, 6) is -1.52. The van der Waals surface area contributed by atoms with Crippen LogP contribution < -0.4 is 5.32 Å². The molecule has 0 amide bonds. The molecule has 2 rings (SSSR count). The topological polar surface area (TPSA) is 15.3 Å². The number of nitrogens with one attached hydrogen (secondary N) is 1. The summed E-state index contributed by atoms with van der Waals surface area (Å²) in [7, 11) is 0. The smallest absolute Gasteiger partial charge is 0.159 e. The zero-order valence-corrected chi connectivity index (χ0v) is 11.6. The third-order valence-electron chi connectivity index (χ3n) is 3.94. The largest absolute Gasteiger partial charge is 0.314 e. The van der Waals surface area contributed by atoms with E-state index in [2.05, 4.69) is 24.1 Å². The molecule has 106 valence electrons. The highest BCUT2D eigenvalue weighted by Gasteiger charge is 2.28. The van der Waals surface area contributed by atoms with E-state index in [-0.39, 0.29) is 6.04 Å². The lowest BCUT2D eigenvalue weighted by molar-refractivity contribution is 0.132. The van der Waals surface area contributed by atoms with Gasteiger partial charge in [0.05, 0.1) is 0 Å². The molecule has 1 N–H and O–H groups in total. The van der Waals surface area contributed by atoms with Crippen LogP contribution in [-0.2, 0) is 0 Å². The molecule has 1 aromatic rings. The molecule has 1 saturated heterocycles. The molecule has 0 saturated carbocycles. The second-order valence-electron chi connectivity index (χ2n) is 5.10. The third kappa shape index (κ3) is 3.31. The molecule has 1 heterocycles. The van der Waals surface area contributed by atoms with Crippen molar-refractivity contribution < 1.29 is 8.78 Å². The molecule has 2 nitrogen and oxygen atoms in total. The number of rotatable bonds is 4. The van der Waals surface area contributed by atoms with Crippen molar-refractivity contribution in [2.45, 2.75) is 38.8 Å². The summed E-state index contributed by atoms with van der Waals surface area (Å²) < 4.78 is 26.4. The van der Waals surface area contributed by atoms with E-state index < -0.39 is 11.6 Å². The molecule has 1 aliphatic rings. The summed E-state index contributed by atoms with van der Waals surface area (Å²) in [6.07, 6.45) is 2.06. The first-order valence-corrected chi connectivity index (χ1v) is 7.08. The van der Waals surface area contributed by atoms with Crippen molar-refractivity contribution in [3.8, 4) is 0 Å². The maximum Gasteiger partial charge on any atom is 0.159 e. The number of halogens is 2. The fourth-order valence-corrected chi connectivity index (χ4v) is 2.93. The average Bonchev–Trinajstić information content (AvgIpc) is 2.42. The molecule has 19 heavy (non-hydrogen) atoms. The minimum absolute atomic E-state index is 0.179. The highest BCUT2D eigenvalue weighted by atomic mass is 19.2. The van der Waals surface area contributed by atoms with Gasteiger partial charge in [-0.25, -0.2) is 8.78 Å². The summed E-state index contributed by atoms with van der Waals surface area (Å²) in [6.45, 7) is 7.08. The number of benzene rings is 1. The van der Waals surface area contributed by atoms with Gasteiger partial charge in [-0.2, -0.15) is 0 Å². The molecule has 0 radical (unpaired) electrons. The molecule has 2 atom stereocenters. The lowest BCUT2D eigenvalue weighted by Crippen LogP contribution is -2.44. The van der Waals surface area contributed by atoms with Gasteiger partial charge in [0.2, 0.25) is 0 Å². The van der Waals surface area contributed by atoms with Gasteiger partial charge in [-0.3, -0.25) is 4.90 Å². The van der Waals surface area contributed by atoms with Crippen molar-refractivity contribution >= 4 is 0 Å². The molecule has 0 bridgehead atoms. The summed E-state index contributed by atoms with van der Waals surface area (Å²) in [6, 6.07) is 4.93. The maximum atomic E-state index is 13.4. The zero-order chi connectivity index (χ0) is 13.8. The van der Waals surface area contributed by atoms with Crippen LogP contribution in [0.5, 0.6) is 0 Å². The van der Waals surface area contributed by atoms with Crippen LogP contribution in [0.2, 0.25) is 0 Å². The predicted molar refractivity (Wildman–Crippen MR) is 73.0 cm³/mol. The Morgan fingerprint density at radius 1 is 1.26 bits per heavy atom. The Bertz CT molecular complexity index is 423. The SMILES string of the molecule is CCNC1CCN(CC)C(c2ccc(F)c(F)c2)C1. The zero-order valence-electron chi connectivity index (χ0n) is 11.6. The Hall–Kier alpha value is -1.00. The molecule has 4 heteroatoms. The van der Waals surface area contributed by atoms with Crippen molar-refractivity contribution in [2.24, 2.45) is 0 Å². The van der Waals surface area contributed by atoms with Gasteiger partial charge in [0.15, 0.2) is 11.6 Å².